The molecule has 0 unspecified atom stereocenters. The fraction of sp³-hybridized carbons (Fsp3) is 0.0588. The van der Waals surface area contributed by atoms with Gasteiger partial charge in [-0.2, -0.15) is 10.2 Å². The average Bonchev–Trinajstić information content (AvgIpc) is 3.32. The van der Waals surface area contributed by atoms with Crippen molar-refractivity contribution in [2.45, 2.75) is 0 Å². The van der Waals surface area contributed by atoms with Gasteiger partial charge in [-0.3, -0.25) is 5.43 Å². The summed E-state index contributed by atoms with van der Waals surface area (Å²) in [6, 6.07) is 11.2. The van der Waals surface area contributed by atoms with Gasteiger partial charge >= 0.3 is 0 Å². The van der Waals surface area contributed by atoms with E-state index in [0.29, 0.717) is 17.2 Å². The number of anilines is 1. The van der Waals surface area contributed by atoms with Gasteiger partial charge in [-0.05, 0) is 24.3 Å². The van der Waals surface area contributed by atoms with E-state index in [1.54, 1.807) is 36.5 Å². The highest BCUT2D eigenvalue weighted by atomic mass is 16.5. The van der Waals surface area contributed by atoms with Crippen LogP contribution in [0.25, 0.3) is 16.7 Å². The number of nitrogens with zero attached hydrogens (tertiary/aromatic N) is 5. The van der Waals surface area contributed by atoms with Gasteiger partial charge < -0.3 is 9.15 Å². The van der Waals surface area contributed by atoms with Crippen LogP contribution in [-0.4, -0.2) is 33.1 Å². The molecule has 0 saturated heterocycles. The van der Waals surface area contributed by atoms with Gasteiger partial charge in [-0.15, -0.1) is 0 Å². The topological polar surface area (TPSA) is 90.4 Å². The molecule has 4 aromatic rings. The predicted octanol–water partition coefficient (Wildman–Crippen LogP) is 2.86. The van der Waals surface area contributed by atoms with Crippen molar-refractivity contribution in [1.29, 1.82) is 0 Å². The minimum atomic E-state index is 0.557. The van der Waals surface area contributed by atoms with Gasteiger partial charge in [0.1, 0.15) is 17.8 Å². The summed E-state index contributed by atoms with van der Waals surface area (Å²) in [5.74, 6) is 1.95. The van der Waals surface area contributed by atoms with E-state index in [9.17, 15) is 0 Å². The molecule has 124 valence electrons. The zero-order valence-corrected chi connectivity index (χ0v) is 13.3. The molecule has 1 aromatic carbocycles. The third kappa shape index (κ3) is 2.92. The fourth-order valence-electron chi connectivity index (χ4n) is 2.39. The Balaban J connectivity index is 1.68. The number of hydrogen-bond donors (Lipinski definition) is 1. The van der Waals surface area contributed by atoms with Gasteiger partial charge in [0, 0.05) is 6.07 Å². The number of benzene rings is 1. The maximum atomic E-state index is 5.26. The SMILES string of the molecule is COc1cccc(-n2ncc3c(NN=Cc4ccco4)ncnc32)c1. The standard InChI is InChI=1S/C17H14N6O2/c1-24-13-5-2-4-12(8-13)23-17-15(10-21-23)16(18-11-19-17)22-20-9-14-6-3-7-25-14/h2-11H,1H3,(H,18,19,22). The molecule has 0 atom stereocenters. The van der Waals surface area contributed by atoms with Crippen LogP contribution >= 0.6 is 0 Å². The Bertz CT molecular complexity index is 1020. The summed E-state index contributed by atoms with van der Waals surface area (Å²) in [4.78, 5) is 8.55. The Morgan fingerprint density at radius 2 is 2.20 bits per heavy atom. The Hall–Kier alpha value is -3.68. The quantitative estimate of drug-likeness (QED) is 0.446. The van der Waals surface area contributed by atoms with E-state index in [4.69, 9.17) is 9.15 Å². The molecule has 8 nitrogen and oxygen atoms in total. The van der Waals surface area contributed by atoms with Gasteiger partial charge in [0.2, 0.25) is 0 Å². The number of furan rings is 1. The van der Waals surface area contributed by atoms with Crippen molar-refractivity contribution in [3.63, 3.8) is 0 Å². The maximum absolute atomic E-state index is 5.26. The molecular formula is C17H14N6O2. The molecule has 0 aliphatic carbocycles. The second-order valence-corrected chi connectivity index (χ2v) is 5.10. The Labute approximate surface area is 142 Å². The molecule has 1 N–H and O–H groups in total. The monoisotopic (exact) mass is 334 g/mol. The summed E-state index contributed by atoms with van der Waals surface area (Å²) in [5.41, 5.74) is 4.40. The van der Waals surface area contributed by atoms with Crippen molar-refractivity contribution in [1.82, 2.24) is 19.7 Å². The van der Waals surface area contributed by atoms with Crippen LogP contribution in [0.5, 0.6) is 5.75 Å². The van der Waals surface area contributed by atoms with E-state index >= 15 is 0 Å². The second kappa shape index (κ2) is 6.44. The Kier molecular flexibility index (Phi) is 3.83. The summed E-state index contributed by atoms with van der Waals surface area (Å²) >= 11 is 0. The third-order valence-electron chi connectivity index (χ3n) is 3.57. The largest absolute Gasteiger partial charge is 0.497 e. The van der Waals surface area contributed by atoms with E-state index in [1.807, 2.05) is 30.3 Å². The first-order valence-corrected chi connectivity index (χ1v) is 7.51. The highest BCUT2D eigenvalue weighted by Crippen LogP contribution is 2.23. The molecule has 0 saturated carbocycles. The molecule has 3 heterocycles. The van der Waals surface area contributed by atoms with Crippen LogP contribution < -0.4 is 10.2 Å². The minimum Gasteiger partial charge on any atom is -0.497 e. The van der Waals surface area contributed by atoms with E-state index in [1.165, 1.54) is 6.33 Å². The number of fused-ring (bicyclic) bond motifs is 1. The van der Waals surface area contributed by atoms with Crippen molar-refractivity contribution in [3.8, 4) is 11.4 Å². The molecule has 25 heavy (non-hydrogen) atoms. The predicted molar refractivity (Wildman–Crippen MR) is 93.1 cm³/mol. The van der Waals surface area contributed by atoms with Crippen molar-refractivity contribution >= 4 is 23.1 Å². The van der Waals surface area contributed by atoms with Gasteiger partial charge in [-0.25, -0.2) is 14.6 Å². The summed E-state index contributed by atoms with van der Waals surface area (Å²) < 4.78 is 12.2. The fourth-order valence-corrected chi connectivity index (χ4v) is 2.39. The smallest absolute Gasteiger partial charge is 0.168 e. The first-order chi connectivity index (χ1) is 12.3. The molecule has 8 heteroatoms. The van der Waals surface area contributed by atoms with Crippen LogP contribution in [0.2, 0.25) is 0 Å². The Morgan fingerprint density at radius 3 is 3.04 bits per heavy atom. The van der Waals surface area contributed by atoms with Crippen LogP contribution in [0.1, 0.15) is 5.76 Å². The molecule has 0 aliphatic rings. The number of ether oxygens (including phenoxy) is 1. The van der Waals surface area contributed by atoms with E-state index in [-0.39, 0.29) is 0 Å². The first kappa shape index (κ1) is 14.9. The zero-order chi connectivity index (χ0) is 17.1. The summed E-state index contributed by atoms with van der Waals surface area (Å²) in [5, 5.41) is 9.29. The van der Waals surface area contributed by atoms with Crippen LogP contribution in [-0.2, 0) is 0 Å². The first-order valence-electron chi connectivity index (χ1n) is 7.51. The Morgan fingerprint density at radius 1 is 1.24 bits per heavy atom. The molecule has 4 rings (SSSR count). The molecule has 3 aromatic heterocycles. The van der Waals surface area contributed by atoms with Crippen molar-refractivity contribution < 1.29 is 9.15 Å². The number of nitrogens with one attached hydrogen (secondary N) is 1. The summed E-state index contributed by atoms with van der Waals surface area (Å²) in [6.45, 7) is 0. The van der Waals surface area contributed by atoms with Gasteiger partial charge in [0.15, 0.2) is 11.5 Å². The zero-order valence-electron chi connectivity index (χ0n) is 13.3. The van der Waals surface area contributed by atoms with E-state index < -0.39 is 0 Å². The van der Waals surface area contributed by atoms with Gasteiger partial charge in [0.25, 0.3) is 0 Å². The summed E-state index contributed by atoms with van der Waals surface area (Å²) in [7, 11) is 1.63. The van der Waals surface area contributed by atoms with E-state index in [0.717, 1.165) is 16.8 Å². The van der Waals surface area contributed by atoms with Crippen LogP contribution in [0.15, 0.2) is 64.7 Å². The average molecular weight is 334 g/mol. The molecule has 0 bridgehead atoms. The van der Waals surface area contributed by atoms with Crippen molar-refractivity contribution in [2.24, 2.45) is 5.10 Å². The van der Waals surface area contributed by atoms with Crippen LogP contribution in [0, 0.1) is 0 Å². The van der Waals surface area contributed by atoms with Gasteiger partial charge in [-0.1, -0.05) is 6.07 Å². The van der Waals surface area contributed by atoms with Crippen molar-refractivity contribution in [2.75, 3.05) is 12.5 Å². The number of hydrogen-bond acceptors (Lipinski definition) is 7. The highest BCUT2D eigenvalue weighted by Gasteiger charge is 2.11. The number of hydrazone groups is 1. The lowest BCUT2D eigenvalue weighted by Gasteiger charge is -2.05. The lowest BCUT2D eigenvalue weighted by atomic mass is 10.3. The molecule has 0 spiro atoms. The molecule has 0 fully saturated rings. The van der Waals surface area contributed by atoms with Crippen LogP contribution in [0.3, 0.4) is 0 Å². The van der Waals surface area contributed by atoms with E-state index in [2.05, 4.69) is 25.6 Å². The maximum Gasteiger partial charge on any atom is 0.168 e. The molecule has 0 amide bonds. The van der Waals surface area contributed by atoms with Gasteiger partial charge in [0.05, 0.1) is 36.9 Å². The van der Waals surface area contributed by atoms with Crippen molar-refractivity contribution in [3.05, 3.63) is 60.9 Å². The summed E-state index contributed by atoms with van der Waals surface area (Å²) in [6.07, 6.45) is 6.31. The molecule has 0 radical (unpaired) electrons. The second-order valence-electron chi connectivity index (χ2n) is 5.10. The number of aromatic nitrogens is 4. The normalized spacial score (nSPS) is 11.2. The molecular weight excluding hydrogens is 320 g/mol. The highest BCUT2D eigenvalue weighted by molar-refractivity contribution is 5.87. The minimum absolute atomic E-state index is 0.557. The lowest BCUT2D eigenvalue weighted by molar-refractivity contribution is 0.414. The number of methoxy groups -OCH3 is 1. The molecule has 0 aliphatic heterocycles. The number of rotatable bonds is 5. The lowest BCUT2D eigenvalue weighted by Crippen LogP contribution is -1.99. The van der Waals surface area contributed by atoms with Crippen LogP contribution in [0.4, 0.5) is 5.82 Å². The third-order valence-corrected chi connectivity index (χ3v) is 3.57.